The number of para-hydroxylation sites is 1. The number of hydrogen-bond donors (Lipinski definition) is 0. The maximum atomic E-state index is 14.0. The lowest BCUT2D eigenvalue weighted by molar-refractivity contribution is -0.386. The molecule has 35 heavy (non-hydrogen) atoms. The second kappa shape index (κ2) is 6.76. The molecule has 4 aromatic carbocycles. The van der Waals surface area contributed by atoms with E-state index in [0.717, 1.165) is 27.5 Å². The minimum Gasteiger partial charge on any atom is -0.307 e. The lowest BCUT2D eigenvalue weighted by Gasteiger charge is -2.50. The molecule has 170 valence electrons. The van der Waals surface area contributed by atoms with E-state index in [4.69, 9.17) is 0 Å². The van der Waals surface area contributed by atoms with Crippen LogP contribution in [0.1, 0.15) is 45.1 Å². The van der Waals surface area contributed by atoms with Crippen molar-refractivity contribution in [1.29, 1.82) is 0 Å². The summed E-state index contributed by atoms with van der Waals surface area (Å²) in [5.41, 5.74) is 2.30. The van der Waals surface area contributed by atoms with Crippen molar-refractivity contribution in [2.24, 2.45) is 0 Å². The van der Waals surface area contributed by atoms with Gasteiger partial charge in [-0.2, -0.15) is 0 Å². The normalized spacial score (nSPS) is 22.1. The van der Waals surface area contributed by atoms with Gasteiger partial charge in [0.05, 0.1) is 22.9 Å². The molecule has 2 unspecified atom stereocenters. The Hall–Kier alpha value is -4.52. The van der Waals surface area contributed by atoms with E-state index < -0.39 is 16.6 Å². The van der Waals surface area contributed by atoms with Gasteiger partial charge >= 0.3 is 0 Å². The maximum Gasteiger partial charge on any atom is 0.274 e. The molecule has 3 aliphatic rings. The van der Waals surface area contributed by atoms with Gasteiger partial charge in [0, 0.05) is 29.3 Å². The molecule has 2 amide bonds. The summed E-state index contributed by atoms with van der Waals surface area (Å²) in [7, 11) is 0. The van der Waals surface area contributed by atoms with Crippen LogP contribution in [-0.2, 0) is 17.0 Å². The number of carbonyl (C=O) groups excluding carboxylic acids is 2. The van der Waals surface area contributed by atoms with Gasteiger partial charge < -0.3 is 4.90 Å². The number of rotatable bonds is 2. The fraction of sp³-hybridized carbons (Fsp3) is 0.143. The van der Waals surface area contributed by atoms with Crippen LogP contribution >= 0.6 is 0 Å². The molecule has 1 saturated heterocycles. The summed E-state index contributed by atoms with van der Waals surface area (Å²) in [6.45, 7) is 0.372. The van der Waals surface area contributed by atoms with Gasteiger partial charge in [0.25, 0.3) is 11.6 Å². The first-order valence-corrected chi connectivity index (χ1v) is 11.5. The van der Waals surface area contributed by atoms with Gasteiger partial charge in [-0.1, -0.05) is 72.8 Å². The van der Waals surface area contributed by atoms with Gasteiger partial charge in [-0.05, 0) is 22.4 Å². The molecule has 3 aliphatic heterocycles. The molecule has 0 saturated carbocycles. The molecular weight excluding hydrogens is 442 g/mol. The predicted octanol–water partition coefficient (Wildman–Crippen LogP) is 4.89. The molecule has 0 bridgehead atoms. The van der Waals surface area contributed by atoms with Crippen molar-refractivity contribution >= 4 is 28.3 Å². The third-order valence-corrected chi connectivity index (χ3v) is 7.70. The van der Waals surface area contributed by atoms with Crippen molar-refractivity contribution in [3.05, 3.63) is 123 Å². The smallest absolute Gasteiger partial charge is 0.274 e. The first-order chi connectivity index (χ1) is 17.0. The lowest BCUT2D eigenvalue weighted by atomic mass is 9.84. The fourth-order valence-electron chi connectivity index (χ4n) is 6.37. The summed E-state index contributed by atoms with van der Waals surface area (Å²) in [6, 6.07) is 25.1. The SMILES string of the molecule is O=C1CC(c2ccccc2[N+](=O)[O-])N2C(=O)c3ccccc3C23c2ccc4ccccc4c2CN13. The highest BCUT2D eigenvalue weighted by Crippen LogP contribution is 2.59. The highest BCUT2D eigenvalue weighted by atomic mass is 16.6. The molecule has 7 nitrogen and oxygen atoms in total. The summed E-state index contributed by atoms with van der Waals surface area (Å²) >= 11 is 0. The van der Waals surface area contributed by atoms with Crippen LogP contribution in [0.25, 0.3) is 10.8 Å². The third-order valence-electron chi connectivity index (χ3n) is 7.70. The van der Waals surface area contributed by atoms with Crippen LogP contribution in [0.4, 0.5) is 5.69 Å². The molecule has 7 rings (SSSR count). The largest absolute Gasteiger partial charge is 0.307 e. The first-order valence-electron chi connectivity index (χ1n) is 11.5. The maximum absolute atomic E-state index is 14.0. The van der Waals surface area contributed by atoms with E-state index in [-0.39, 0.29) is 23.9 Å². The fourth-order valence-corrected chi connectivity index (χ4v) is 6.37. The van der Waals surface area contributed by atoms with Crippen molar-refractivity contribution in [2.75, 3.05) is 0 Å². The molecule has 0 N–H and O–H groups in total. The Kier molecular flexibility index (Phi) is 3.84. The molecule has 0 radical (unpaired) electrons. The van der Waals surface area contributed by atoms with E-state index in [9.17, 15) is 19.7 Å². The summed E-state index contributed by atoms with van der Waals surface area (Å²) in [5.74, 6) is -0.351. The van der Waals surface area contributed by atoms with Crippen LogP contribution in [0.3, 0.4) is 0 Å². The summed E-state index contributed by atoms with van der Waals surface area (Å²) in [5, 5.41) is 14.0. The summed E-state index contributed by atoms with van der Waals surface area (Å²) in [6.07, 6.45) is -0.0156. The van der Waals surface area contributed by atoms with Gasteiger partial charge in [0.1, 0.15) is 0 Å². The number of nitro benzene ring substituents is 1. The Morgan fingerprint density at radius 1 is 0.857 bits per heavy atom. The van der Waals surface area contributed by atoms with Crippen LogP contribution in [-0.4, -0.2) is 26.5 Å². The molecule has 4 aromatic rings. The van der Waals surface area contributed by atoms with Crippen molar-refractivity contribution < 1.29 is 14.5 Å². The number of fused-ring (bicyclic) bond motifs is 4. The van der Waals surface area contributed by atoms with Crippen LogP contribution in [0.15, 0.2) is 84.9 Å². The minimum absolute atomic E-state index is 0.0156. The monoisotopic (exact) mass is 461 g/mol. The Bertz CT molecular complexity index is 1610. The van der Waals surface area contributed by atoms with Gasteiger partial charge in [-0.15, -0.1) is 0 Å². The van der Waals surface area contributed by atoms with Gasteiger partial charge in [0.15, 0.2) is 5.66 Å². The van der Waals surface area contributed by atoms with Crippen molar-refractivity contribution in [3.63, 3.8) is 0 Å². The Morgan fingerprint density at radius 2 is 1.60 bits per heavy atom. The molecule has 7 heteroatoms. The van der Waals surface area contributed by atoms with E-state index >= 15 is 0 Å². The van der Waals surface area contributed by atoms with E-state index in [2.05, 4.69) is 0 Å². The average Bonchev–Trinajstić information content (AvgIpc) is 3.37. The molecule has 3 heterocycles. The number of carbonyl (C=O) groups is 2. The molecule has 0 aliphatic carbocycles. The summed E-state index contributed by atoms with van der Waals surface area (Å²) < 4.78 is 0. The second-order valence-corrected chi connectivity index (χ2v) is 9.22. The third kappa shape index (κ3) is 2.34. The quantitative estimate of drug-likeness (QED) is 0.314. The number of amides is 2. The van der Waals surface area contributed by atoms with E-state index in [0.29, 0.717) is 17.7 Å². The second-order valence-electron chi connectivity index (χ2n) is 9.22. The number of benzene rings is 4. The standard InChI is InChI=1S/C28H19N3O4/c32-26-15-25(20-10-4-6-12-24(20)31(34)35)30-27(33)19-9-3-5-11-22(19)28(30)23-14-13-17-7-1-2-8-18(17)21(23)16-29(26)28/h1-14,25H,15-16H2. The van der Waals surface area contributed by atoms with Gasteiger partial charge in [-0.25, -0.2) is 0 Å². The highest BCUT2D eigenvalue weighted by Gasteiger charge is 2.65. The number of nitrogens with zero attached hydrogens (tertiary/aromatic N) is 3. The summed E-state index contributed by atoms with van der Waals surface area (Å²) in [4.78, 5) is 42.8. The lowest BCUT2D eigenvalue weighted by Crippen LogP contribution is -2.61. The average molecular weight is 461 g/mol. The zero-order chi connectivity index (χ0) is 23.9. The topological polar surface area (TPSA) is 83.8 Å². The first kappa shape index (κ1) is 19.9. The Balaban J connectivity index is 1.57. The highest BCUT2D eigenvalue weighted by molar-refractivity contribution is 6.04. The van der Waals surface area contributed by atoms with Crippen molar-refractivity contribution in [2.45, 2.75) is 24.7 Å². The van der Waals surface area contributed by atoms with Gasteiger partial charge in [0.2, 0.25) is 5.91 Å². The van der Waals surface area contributed by atoms with Crippen LogP contribution in [0.2, 0.25) is 0 Å². The number of hydrogen-bond acceptors (Lipinski definition) is 4. The molecule has 0 aromatic heterocycles. The van der Waals surface area contributed by atoms with E-state index in [1.165, 1.54) is 6.07 Å². The zero-order valence-corrected chi connectivity index (χ0v) is 18.5. The Labute approximate surface area is 200 Å². The molecular formula is C28H19N3O4. The Morgan fingerprint density at radius 3 is 2.46 bits per heavy atom. The minimum atomic E-state index is -1.14. The zero-order valence-electron chi connectivity index (χ0n) is 18.5. The van der Waals surface area contributed by atoms with E-state index in [1.807, 2.05) is 54.6 Å². The number of nitro groups is 1. The predicted molar refractivity (Wildman–Crippen MR) is 128 cm³/mol. The molecule has 1 spiro atoms. The van der Waals surface area contributed by atoms with Gasteiger partial charge in [-0.3, -0.25) is 24.6 Å². The molecule has 1 fully saturated rings. The van der Waals surface area contributed by atoms with Crippen LogP contribution in [0, 0.1) is 10.1 Å². The van der Waals surface area contributed by atoms with Crippen molar-refractivity contribution in [1.82, 2.24) is 9.80 Å². The van der Waals surface area contributed by atoms with Crippen LogP contribution in [0.5, 0.6) is 0 Å². The van der Waals surface area contributed by atoms with E-state index in [1.54, 1.807) is 34.1 Å². The van der Waals surface area contributed by atoms with Crippen molar-refractivity contribution in [3.8, 4) is 0 Å². The van der Waals surface area contributed by atoms with Crippen LogP contribution < -0.4 is 0 Å². The molecule has 2 atom stereocenters.